The Kier molecular flexibility index (Phi) is 5.72. The lowest BCUT2D eigenvalue weighted by atomic mass is 10.0. The van der Waals surface area contributed by atoms with Crippen molar-refractivity contribution in [3.8, 4) is 11.3 Å². The Morgan fingerprint density at radius 1 is 1.44 bits per heavy atom. The minimum Gasteiger partial charge on any atom is -0.461 e. The molecule has 1 aliphatic rings. The topological polar surface area (TPSA) is 86.3 Å². The molecule has 1 aromatic carbocycles. The Labute approximate surface area is 144 Å². The minimum atomic E-state index is -0.582. The maximum absolute atomic E-state index is 13.7. The lowest BCUT2D eigenvalue weighted by molar-refractivity contribution is 0.0106. The van der Waals surface area contributed by atoms with Crippen LogP contribution < -0.4 is 0 Å². The molecule has 25 heavy (non-hydrogen) atoms. The summed E-state index contributed by atoms with van der Waals surface area (Å²) in [5.41, 5.74) is 1.53. The van der Waals surface area contributed by atoms with Crippen molar-refractivity contribution < 1.29 is 23.4 Å². The predicted octanol–water partition coefficient (Wildman–Crippen LogP) is 2.48. The fraction of sp³-hybridized carbons (Fsp3) is 0.471. The Morgan fingerprint density at radius 3 is 3.08 bits per heavy atom. The number of carbonyl (C=O) groups is 1. The lowest BCUT2D eigenvalue weighted by Crippen LogP contribution is -2.14. The van der Waals surface area contributed by atoms with Crippen LogP contribution >= 0.6 is 0 Å². The molecule has 1 aliphatic heterocycles. The van der Waals surface area contributed by atoms with Crippen LogP contribution in [-0.4, -0.2) is 47.3 Å². The summed E-state index contributed by atoms with van der Waals surface area (Å²) in [6.45, 7) is 3.31. The smallest absolute Gasteiger partial charge is 0.361 e. The van der Waals surface area contributed by atoms with Gasteiger partial charge >= 0.3 is 5.97 Å². The molecule has 1 saturated heterocycles. The van der Waals surface area contributed by atoms with E-state index < -0.39 is 5.97 Å². The van der Waals surface area contributed by atoms with E-state index in [1.807, 2.05) is 0 Å². The summed E-state index contributed by atoms with van der Waals surface area (Å²) in [6, 6.07) is 4.23. The number of ether oxygens (including phenoxy) is 3. The van der Waals surface area contributed by atoms with Gasteiger partial charge in [-0.15, -0.1) is 5.10 Å². The van der Waals surface area contributed by atoms with Crippen molar-refractivity contribution in [2.24, 2.45) is 0 Å². The highest BCUT2D eigenvalue weighted by Crippen LogP contribution is 2.26. The molecule has 1 fully saturated rings. The zero-order valence-electron chi connectivity index (χ0n) is 14.0. The summed E-state index contributed by atoms with van der Waals surface area (Å²) in [7, 11) is 0. The van der Waals surface area contributed by atoms with E-state index in [0.29, 0.717) is 23.4 Å². The molecule has 1 N–H and O–H groups in total. The predicted molar refractivity (Wildman–Crippen MR) is 86.4 cm³/mol. The molecule has 0 aliphatic carbocycles. The van der Waals surface area contributed by atoms with Gasteiger partial charge in [-0.3, -0.25) is 0 Å². The summed E-state index contributed by atoms with van der Waals surface area (Å²) in [6.07, 6.45) is 2.08. The maximum atomic E-state index is 13.7. The van der Waals surface area contributed by atoms with Crippen LogP contribution in [0.2, 0.25) is 0 Å². The zero-order chi connectivity index (χ0) is 17.6. The van der Waals surface area contributed by atoms with Crippen molar-refractivity contribution in [3.63, 3.8) is 0 Å². The van der Waals surface area contributed by atoms with Crippen LogP contribution in [0.25, 0.3) is 11.3 Å². The molecule has 1 unspecified atom stereocenters. The summed E-state index contributed by atoms with van der Waals surface area (Å²) in [4.78, 5) is 12.0. The third kappa shape index (κ3) is 4.21. The van der Waals surface area contributed by atoms with Crippen molar-refractivity contribution in [2.75, 3.05) is 19.8 Å². The van der Waals surface area contributed by atoms with Crippen molar-refractivity contribution >= 4 is 5.97 Å². The number of hydrogen-bond acceptors (Lipinski definition) is 6. The van der Waals surface area contributed by atoms with Crippen LogP contribution in [0.15, 0.2) is 18.2 Å². The molecular formula is C17H20FN3O4. The zero-order valence-corrected chi connectivity index (χ0v) is 14.0. The summed E-state index contributed by atoms with van der Waals surface area (Å²) in [5, 5.41) is 10.3. The fourth-order valence-corrected chi connectivity index (χ4v) is 2.75. The first-order valence-corrected chi connectivity index (χ1v) is 8.25. The van der Waals surface area contributed by atoms with E-state index in [1.165, 1.54) is 12.1 Å². The van der Waals surface area contributed by atoms with Crippen LogP contribution in [-0.2, 0) is 20.8 Å². The number of nitrogens with one attached hydrogen (secondary N) is 1. The number of halogens is 1. The number of hydrogen-bond donors (Lipinski definition) is 1. The highest BCUT2D eigenvalue weighted by atomic mass is 19.1. The van der Waals surface area contributed by atoms with Gasteiger partial charge in [0, 0.05) is 12.2 Å². The van der Waals surface area contributed by atoms with Crippen molar-refractivity contribution in [3.05, 3.63) is 35.3 Å². The normalized spacial score (nSPS) is 17.0. The number of aromatic nitrogens is 3. The standard InChI is InChI=1S/C17H20FN3O4/c1-2-24-17(22)16-15(19-21-20-16)14-6-5-12(18)8-11(14)9-23-10-13-4-3-7-25-13/h5-6,8,13H,2-4,7,9-10H2,1H3,(H,19,20,21). The average molecular weight is 349 g/mol. The first-order chi connectivity index (χ1) is 12.2. The van der Waals surface area contributed by atoms with E-state index in [4.69, 9.17) is 14.2 Å². The van der Waals surface area contributed by atoms with Gasteiger partial charge in [0.2, 0.25) is 0 Å². The maximum Gasteiger partial charge on any atom is 0.361 e. The molecule has 0 bridgehead atoms. The van der Waals surface area contributed by atoms with Gasteiger partial charge in [-0.25, -0.2) is 9.18 Å². The van der Waals surface area contributed by atoms with Crippen molar-refractivity contribution in [1.29, 1.82) is 0 Å². The van der Waals surface area contributed by atoms with E-state index in [1.54, 1.807) is 13.0 Å². The number of H-pyrrole nitrogens is 1. The fourth-order valence-electron chi connectivity index (χ4n) is 2.75. The van der Waals surface area contributed by atoms with Gasteiger partial charge in [0.25, 0.3) is 0 Å². The van der Waals surface area contributed by atoms with E-state index in [0.717, 1.165) is 19.4 Å². The van der Waals surface area contributed by atoms with Crippen LogP contribution in [0.3, 0.4) is 0 Å². The Morgan fingerprint density at radius 2 is 2.32 bits per heavy atom. The lowest BCUT2D eigenvalue weighted by Gasteiger charge is -2.12. The molecule has 134 valence electrons. The van der Waals surface area contributed by atoms with Gasteiger partial charge in [-0.1, -0.05) is 0 Å². The molecule has 2 aromatic rings. The van der Waals surface area contributed by atoms with Gasteiger partial charge < -0.3 is 14.2 Å². The van der Waals surface area contributed by atoms with Gasteiger partial charge in [0.1, 0.15) is 11.5 Å². The van der Waals surface area contributed by atoms with Gasteiger partial charge in [0.05, 0.1) is 25.9 Å². The highest BCUT2D eigenvalue weighted by molar-refractivity contribution is 5.94. The van der Waals surface area contributed by atoms with Gasteiger partial charge in [-0.2, -0.15) is 10.3 Å². The number of esters is 1. The van der Waals surface area contributed by atoms with Gasteiger partial charge in [0.15, 0.2) is 5.69 Å². The molecule has 8 heteroatoms. The van der Waals surface area contributed by atoms with Crippen LogP contribution in [0.5, 0.6) is 0 Å². The molecule has 0 amide bonds. The Bertz CT molecular complexity index is 728. The summed E-state index contributed by atoms with van der Waals surface area (Å²) >= 11 is 0. The summed E-state index contributed by atoms with van der Waals surface area (Å²) < 4.78 is 29.8. The van der Waals surface area contributed by atoms with Crippen LogP contribution in [0.1, 0.15) is 35.8 Å². The van der Waals surface area contributed by atoms with Gasteiger partial charge in [-0.05, 0) is 43.5 Å². The molecule has 0 saturated carbocycles. The van der Waals surface area contributed by atoms with Crippen molar-refractivity contribution in [2.45, 2.75) is 32.5 Å². The first-order valence-electron chi connectivity index (χ1n) is 8.25. The molecule has 0 spiro atoms. The quantitative estimate of drug-likeness (QED) is 0.773. The molecule has 7 nitrogen and oxygen atoms in total. The second-order valence-electron chi connectivity index (χ2n) is 5.69. The van der Waals surface area contributed by atoms with E-state index in [-0.39, 0.29) is 30.8 Å². The molecule has 3 rings (SSSR count). The monoisotopic (exact) mass is 349 g/mol. The molecule has 1 atom stereocenters. The van der Waals surface area contributed by atoms with E-state index in [2.05, 4.69) is 15.4 Å². The third-order valence-electron chi connectivity index (χ3n) is 3.92. The summed E-state index contributed by atoms with van der Waals surface area (Å²) in [5.74, 6) is -0.970. The van der Waals surface area contributed by atoms with Crippen LogP contribution in [0, 0.1) is 5.82 Å². The van der Waals surface area contributed by atoms with E-state index in [9.17, 15) is 9.18 Å². The van der Waals surface area contributed by atoms with Crippen LogP contribution in [0.4, 0.5) is 4.39 Å². The number of rotatable bonds is 7. The molecular weight excluding hydrogens is 329 g/mol. The third-order valence-corrected chi connectivity index (χ3v) is 3.92. The van der Waals surface area contributed by atoms with Crippen molar-refractivity contribution in [1.82, 2.24) is 15.4 Å². The highest BCUT2D eigenvalue weighted by Gasteiger charge is 2.22. The second kappa shape index (κ2) is 8.17. The second-order valence-corrected chi connectivity index (χ2v) is 5.69. The molecule has 2 heterocycles. The van der Waals surface area contributed by atoms with E-state index >= 15 is 0 Å². The Balaban J connectivity index is 1.79. The molecule has 1 aromatic heterocycles. The SMILES string of the molecule is CCOC(=O)c1n[nH]nc1-c1ccc(F)cc1COCC1CCCO1. The average Bonchev–Trinajstić information content (AvgIpc) is 3.26. The number of aromatic amines is 1. The number of benzene rings is 1. The molecule has 0 radical (unpaired) electrons. The number of carbonyl (C=O) groups excluding carboxylic acids is 1. The largest absolute Gasteiger partial charge is 0.461 e. The Hall–Kier alpha value is -2.32. The number of nitrogens with zero attached hydrogens (tertiary/aromatic N) is 2. The first kappa shape index (κ1) is 17.5. The minimum absolute atomic E-state index is 0.0637.